The van der Waals surface area contributed by atoms with Gasteiger partial charge in [0.1, 0.15) is 5.75 Å². The van der Waals surface area contributed by atoms with Crippen LogP contribution < -0.4 is 4.74 Å². The molecule has 0 bridgehead atoms. The lowest BCUT2D eigenvalue weighted by molar-refractivity contribution is 0.415. The summed E-state index contributed by atoms with van der Waals surface area (Å²) < 4.78 is 5.14. The Morgan fingerprint density at radius 2 is 2.27 bits per heavy atom. The Labute approximate surface area is 87.9 Å². The molecule has 0 aliphatic heterocycles. The topological polar surface area (TPSA) is 45.9 Å². The number of ether oxygens (including phenoxy) is 1. The van der Waals surface area contributed by atoms with Crippen molar-refractivity contribution in [2.24, 2.45) is 0 Å². The van der Waals surface area contributed by atoms with Crippen molar-refractivity contribution >= 4 is 10.9 Å². The third kappa shape index (κ3) is 1.75. The molecule has 0 aliphatic carbocycles. The quantitative estimate of drug-likeness (QED) is 0.743. The maximum absolute atomic E-state index is 8.70. The Bertz CT molecular complexity index is 529. The highest BCUT2D eigenvalue weighted by molar-refractivity contribution is 5.83. The van der Waals surface area contributed by atoms with Gasteiger partial charge in [0, 0.05) is 11.6 Å². The van der Waals surface area contributed by atoms with Crippen molar-refractivity contribution in [3.8, 4) is 11.8 Å². The van der Waals surface area contributed by atoms with Crippen LogP contribution in [-0.4, -0.2) is 12.1 Å². The number of aromatic nitrogens is 1. The molecule has 0 radical (unpaired) electrons. The Morgan fingerprint density at radius 3 is 3.00 bits per heavy atom. The van der Waals surface area contributed by atoms with Gasteiger partial charge in [-0.05, 0) is 29.8 Å². The lowest BCUT2D eigenvalue weighted by atomic mass is 10.1. The Kier molecular flexibility index (Phi) is 2.51. The van der Waals surface area contributed by atoms with E-state index in [1.165, 1.54) is 0 Å². The molecule has 2 rings (SSSR count). The van der Waals surface area contributed by atoms with Crippen LogP contribution in [-0.2, 0) is 6.42 Å². The van der Waals surface area contributed by atoms with E-state index < -0.39 is 0 Å². The van der Waals surface area contributed by atoms with Crippen molar-refractivity contribution in [3.05, 3.63) is 36.0 Å². The first-order valence-electron chi connectivity index (χ1n) is 4.63. The molecule has 2 aromatic rings. The number of rotatable bonds is 2. The fourth-order valence-electron chi connectivity index (χ4n) is 1.55. The van der Waals surface area contributed by atoms with E-state index in [0.717, 1.165) is 22.2 Å². The summed E-state index contributed by atoms with van der Waals surface area (Å²) in [6.07, 6.45) is 2.12. The van der Waals surface area contributed by atoms with Crippen molar-refractivity contribution in [1.82, 2.24) is 4.98 Å². The zero-order valence-corrected chi connectivity index (χ0v) is 8.40. The first kappa shape index (κ1) is 9.47. The van der Waals surface area contributed by atoms with E-state index >= 15 is 0 Å². The molecule has 0 unspecified atom stereocenters. The van der Waals surface area contributed by atoms with Crippen LogP contribution in [0.25, 0.3) is 10.9 Å². The average molecular weight is 198 g/mol. The second-order valence-corrected chi connectivity index (χ2v) is 3.19. The zero-order chi connectivity index (χ0) is 10.7. The van der Waals surface area contributed by atoms with Gasteiger partial charge in [-0.3, -0.25) is 4.98 Å². The summed E-state index contributed by atoms with van der Waals surface area (Å²) in [5.41, 5.74) is 1.88. The molecule has 1 aromatic carbocycles. The molecule has 3 nitrogen and oxygen atoms in total. The second kappa shape index (κ2) is 3.97. The van der Waals surface area contributed by atoms with Gasteiger partial charge in [0.25, 0.3) is 0 Å². The number of hydrogen-bond donors (Lipinski definition) is 0. The van der Waals surface area contributed by atoms with Gasteiger partial charge in [0.15, 0.2) is 0 Å². The lowest BCUT2D eigenvalue weighted by Crippen LogP contribution is -1.89. The number of methoxy groups -OCH3 is 1. The fraction of sp³-hybridized carbons (Fsp3) is 0.167. The minimum absolute atomic E-state index is 0.395. The summed E-state index contributed by atoms with van der Waals surface area (Å²) in [5.74, 6) is 0.787. The van der Waals surface area contributed by atoms with Crippen molar-refractivity contribution in [2.75, 3.05) is 7.11 Å². The van der Waals surface area contributed by atoms with E-state index in [2.05, 4.69) is 11.1 Å². The summed E-state index contributed by atoms with van der Waals surface area (Å²) in [6, 6.07) is 9.69. The van der Waals surface area contributed by atoms with E-state index in [-0.39, 0.29) is 0 Å². The van der Waals surface area contributed by atoms with Crippen molar-refractivity contribution < 1.29 is 4.74 Å². The highest BCUT2D eigenvalue weighted by Gasteiger charge is 2.02. The van der Waals surface area contributed by atoms with Gasteiger partial charge in [-0.25, -0.2) is 0 Å². The Balaban J connectivity index is 2.66. The summed E-state index contributed by atoms with van der Waals surface area (Å²) in [5, 5.41) is 9.69. The molecule has 3 heteroatoms. The maximum Gasteiger partial charge on any atom is 0.119 e. The molecule has 0 spiro atoms. The van der Waals surface area contributed by atoms with Gasteiger partial charge >= 0.3 is 0 Å². The molecule has 15 heavy (non-hydrogen) atoms. The normalized spacial score (nSPS) is 9.87. The standard InChI is InChI=1S/C12H10N2O/c1-15-10-2-3-12-11(8-10)9(4-6-13)5-7-14-12/h2-3,5,7-8H,4H2,1H3. The van der Waals surface area contributed by atoms with Crippen LogP contribution >= 0.6 is 0 Å². The molecule has 1 aromatic heterocycles. The number of pyridine rings is 1. The van der Waals surface area contributed by atoms with E-state index in [9.17, 15) is 0 Å². The SMILES string of the molecule is COc1ccc2nccc(CC#N)c2c1. The molecule has 0 atom stereocenters. The summed E-state index contributed by atoms with van der Waals surface area (Å²) >= 11 is 0. The van der Waals surface area contributed by atoms with Crippen LogP contribution in [0.5, 0.6) is 5.75 Å². The van der Waals surface area contributed by atoms with Gasteiger partial charge in [0.2, 0.25) is 0 Å². The molecule has 0 aliphatic rings. The van der Waals surface area contributed by atoms with Crippen LogP contribution in [0.1, 0.15) is 5.56 Å². The molecule has 1 heterocycles. The number of hydrogen-bond acceptors (Lipinski definition) is 3. The summed E-state index contributed by atoms with van der Waals surface area (Å²) in [6.45, 7) is 0. The molecule has 0 amide bonds. The zero-order valence-electron chi connectivity index (χ0n) is 8.40. The van der Waals surface area contributed by atoms with Gasteiger partial charge in [0.05, 0.1) is 25.1 Å². The molecule has 0 fully saturated rings. The molecule has 0 saturated carbocycles. The number of nitriles is 1. The van der Waals surface area contributed by atoms with Crippen molar-refractivity contribution in [2.45, 2.75) is 6.42 Å². The minimum atomic E-state index is 0.395. The van der Waals surface area contributed by atoms with Crippen LogP contribution in [0.2, 0.25) is 0 Å². The highest BCUT2D eigenvalue weighted by Crippen LogP contribution is 2.22. The Morgan fingerprint density at radius 1 is 1.40 bits per heavy atom. The smallest absolute Gasteiger partial charge is 0.119 e. The predicted octanol–water partition coefficient (Wildman–Crippen LogP) is 2.31. The minimum Gasteiger partial charge on any atom is -0.497 e. The Hall–Kier alpha value is -2.08. The molecular formula is C12H10N2O. The molecule has 0 N–H and O–H groups in total. The van der Waals surface area contributed by atoms with Gasteiger partial charge in [-0.2, -0.15) is 5.26 Å². The average Bonchev–Trinajstić information content (AvgIpc) is 2.29. The third-order valence-corrected chi connectivity index (χ3v) is 2.31. The van der Waals surface area contributed by atoms with E-state index in [4.69, 9.17) is 10.00 Å². The molecule has 0 saturated heterocycles. The van der Waals surface area contributed by atoms with Gasteiger partial charge in [-0.15, -0.1) is 0 Å². The van der Waals surface area contributed by atoms with Gasteiger partial charge in [-0.1, -0.05) is 0 Å². The summed E-state index contributed by atoms with van der Waals surface area (Å²) in [7, 11) is 1.63. The van der Waals surface area contributed by atoms with E-state index in [1.54, 1.807) is 13.3 Å². The first-order chi connectivity index (χ1) is 7.35. The van der Waals surface area contributed by atoms with Crippen LogP contribution in [0.4, 0.5) is 0 Å². The summed E-state index contributed by atoms with van der Waals surface area (Å²) in [4.78, 5) is 4.23. The largest absolute Gasteiger partial charge is 0.497 e. The predicted molar refractivity (Wildman–Crippen MR) is 57.6 cm³/mol. The van der Waals surface area contributed by atoms with Crippen molar-refractivity contribution in [1.29, 1.82) is 5.26 Å². The highest BCUT2D eigenvalue weighted by atomic mass is 16.5. The van der Waals surface area contributed by atoms with Crippen LogP contribution in [0.3, 0.4) is 0 Å². The number of fused-ring (bicyclic) bond motifs is 1. The van der Waals surface area contributed by atoms with Gasteiger partial charge < -0.3 is 4.74 Å². The van der Waals surface area contributed by atoms with Crippen LogP contribution in [0.15, 0.2) is 30.5 Å². The van der Waals surface area contributed by atoms with E-state index in [1.807, 2.05) is 24.3 Å². The molecular weight excluding hydrogens is 188 g/mol. The molecule has 74 valence electrons. The van der Waals surface area contributed by atoms with E-state index in [0.29, 0.717) is 6.42 Å². The fourth-order valence-corrected chi connectivity index (χ4v) is 1.55. The maximum atomic E-state index is 8.70. The first-order valence-corrected chi connectivity index (χ1v) is 4.63. The van der Waals surface area contributed by atoms with Crippen molar-refractivity contribution in [3.63, 3.8) is 0 Å². The number of benzene rings is 1. The second-order valence-electron chi connectivity index (χ2n) is 3.19. The van der Waals surface area contributed by atoms with Crippen LogP contribution in [0, 0.1) is 11.3 Å². The third-order valence-electron chi connectivity index (χ3n) is 2.31. The lowest BCUT2D eigenvalue weighted by Gasteiger charge is -2.04. The monoisotopic (exact) mass is 198 g/mol. The number of nitrogens with zero attached hydrogens (tertiary/aromatic N) is 2.